The Morgan fingerprint density at radius 1 is 1.13 bits per heavy atom. The highest BCUT2D eigenvalue weighted by molar-refractivity contribution is 5.94. The summed E-state index contributed by atoms with van der Waals surface area (Å²) in [5.41, 5.74) is 1.52. The monoisotopic (exact) mass is 306 g/mol. The number of rotatable bonds is 3. The van der Waals surface area contributed by atoms with Crippen LogP contribution in [0.5, 0.6) is 0 Å². The van der Waals surface area contributed by atoms with Crippen molar-refractivity contribution in [3.8, 4) is 11.4 Å². The zero-order valence-electron chi connectivity index (χ0n) is 12.3. The Hall–Kier alpha value is -3.02. The Morgan fingerprint density at radius 3 is 2.70 bits per heavy atom. The molecule has 0 N–H and O–H groups in total. The van der Waals surface area contributed by atoms with Gasteiger partial charge in [0.25, 0.3) is 5.91 Å². The SMILES string of the molecule is O=C(c1cccnc1)N1CC(c2nc(-c3ccccc3)no2)C1. The molecule has 6 heteroatoms. The van der Waals surface area contributed by atoms with Crippen LogP contribution in [0.1, 0.15) is 22.2 Å². The lowest BCUT2D eigenvalue weighted by atomic mass is 9.99. The molecule has 114 valence electrons. The second-order valence-corrected chi connectivity index (χ2v) is 5.47. The maximum Gasteiger partial charge on any atom is 0.255 e. The fraction of sp³-hybridized carbons (Fsp3) is 0.176. The van der Waals surface area contributed by atoms with E-state index >= 15 is 0 Å². The molecule has 1 aliphatic heterocycles. The number of nitrogens with zero attached hydrogens (tertiary/aromatic N) is 4. The molecule has 0 unspecified atom stereocenters. The van der Waals surface area contributed by atoms with Crippen molar-refractivity contribution in [1.82, 2.24) is 20.0 Å². The highest BCUT2D eigenvalue weighted by Crippen LogP contribution is 2.28. The molecule has 0 radical (unpaired) electrons. The molecular weight excluding hydrogens is 292 g/mol. The molecule has 0 atom stereocenters. The quantitative estimate of drug-likeness (QED) is 0.743. The molecule has 23 heavy (non-hydrogen) atoms. The molecule has 6 nitrogen and oxygen atoms in total. The van der Waals surface area contributed by atoms with Crippen molar-refractivity contribution in [2.75, 3.05) is 13.1 Å². The molecular formula is C17H14N4O2. The number of hydrogen-bond donors (Lipinski definition) is 0. The Kier molecular flexibility index (Phi) is 3.34. The first-order valence-corrected chi connectivity index (χ1v) is 7.39. The normalized spacial score (nSPS) is 14.5. The van der Waals surface area contributed by atoms with Gasteiger partial charge in [0.05, 0.1) is 11.5 Å². The second-order valence-electron chi connectivity index (χ2n) is 5.47. The number of pyridine rings is 1. The molecule has 1 aliphatic rings. The summed E-state index contributed by atoms with van der Waals surface area (Å²) < 4.78 is 5.35. The summed E-state index contributed by atoms with van der Waals surface area (Å²) in [4.78, 5) is 22.4. The molecule has 0 spiro atoms. The molecule has 1 saturated heterocycles. The predicted octanol–water partition coefficient (Wildman–Crippen LogP) is 2.37. The number of carbonyl (C=O) groups is 1. The fourth-order valence-corrected chi connectivity index (χ4v) is 2.58. The Bertz CT molecular complexity index is 811. The summed E-state index contributed by atoms with van der Waals surface area (Å²) >= 11 is 0. The summed E-state index contributed by atoms with van der Waals surface area (Å²) in [7, 11) is 0. The van der Waals surface area contributed by atoms with E-state index in [-0.39, 0.29) is 11.8 Å². The van der Waals surface area contributed by atoms with Gasteiger partial charge in [0, 0.05) is 31.0 Å². The zero-order valence-corrected chi connectivity index (χ0v) is 12.3. The molecule has 0 aliphatic carbocycles. The molecule has 3 heterocycles. The lowest BCUT2D eigenvalue weighted by Crippen LogP contribution is -2.48. The van der Waals surface area contributed by atoms with Crippen LogP contribution in [-0.2, 0) is 0 Å². The van der Waals surface area contributed by atoms with Crippen molar-refractivity contribution in [2.24, 2.45) is 0 Å². The highest BCUT2D eigenvalue weighted by Gasteiger charge is 2.36. The third-order valence-corrected chi connectivity index (χ3v) is 3.90. The minimum atomic E-state index is -0.0165. The highest BCUT2D eigenvalue weighted by atomic mass is 16.5. The predicted molar refractivity (Wildman–Crippen MR) is 82.6 cm³/mol. The molecule has 3 aromatic rings. The minimum Gasteiger partial charge on any atom is -0.339 e. The first-order valence-electron chi connectivity index (χ1n) is 7.39. The molecule has 2 aromatic heterocycles. The van der Waals surface area contributed by atoms with Gasteiger partial charge in [0.15, 0.2) is 0 Å². The van der Waals surface area contributed by atoms with Gasteiger partial charge < -0.3 is 9.42 Å². The lowest BCUT2D eigenvalue weighted by molar-refractivity contribution is 0.0569. The Balaban J connectivity index is 1.43. The fourth-order valence-electron chi connectivity index (χ4n) is 2.58. The average Bonchev–Trinajstić information content (AvgIpc) is 3.05. The molecule has 1 fully saturated rings. The van der Waals surface area contributed by atoms with E-state index in [1.807, 2.05) is 30.3 Å². The van der Waals surface area contributed by atoms with Crippen LogP contribution >= 0.6 is 0 Å². The van der Waals surface area contributed by atoms with Crippen molar-refractivity contribution in [1.29, 1.82) is 0 Å². The van der Waals surface area contributed by atoms with Gasteiger partial charge in [-0.2, -0.15) is 4.98 Å². The van der Waals surface area contributed by atoms with Crippen molar-refractivity contribution < 1.29 is 9.32 Å². The largest absolute Gasteiger partial charge is 0.339 e. The number of benzene rings is 1. The standard InChI is InChI=1S/C17H14N4O2/c22-17(13-7-4-8-18-9-13)21-10-14(11-21)16-19-15(20-23-16)12-5-2-1-3-6-12/h1-9,14H,10-11H2. The number of aromatic nitrogens is 3. The first-order chi connectivity index (χ1) is 11.3. The van der Waals surface area contributed by atoms with Crippen LogP contribution in [0.2, 0.25) is 0 Å². The molecule has 1 amide bonds. The summed E-state index contributed by atoms with van der Waals surface area (Å²) in [5, 5.41) is 4.02. The van der Waals surface area contributed by atoms with E-state index in [0.717, 1.165) is 5.56 Å². The summed E-state index contributed by atoms with van der Waals surface area (Å²) in [6, 6.07) is 13.2. The van der Waals surface area contributed by atoms with E-state index in [2.05, 4.69) is 15.1 Å². The smallest absolute Gasteiger partial charge is 0.255 e. The van der Waals surface area contributed by atoms with Crippen molar-refractivity contribution in [2.45, 2.75) is 5.92 Å². The van der Waals surface area contributed by atoms with Gasteiger partial charge in [0.2, 0.25) is 11.7 Å². The number of amides is 1. The summed E-state index contributed by atoms with van der Waals surface area (Å²) in [6.45, 7) is 1.17. The van der Waals surface area contributed by atoms with Gasteiger partial charge in [-0.05, 0) is 12.1 Å². The van der Waals surface area contributed by atoms with Crippen LogP contribution in [-0.4, -0.2) is 39.0 Å². The van der Waals surface area contributed by atoms with Crippen LogP contribution in [0, 0.1) is 0 Å². The average molecular weight is 306 g/mol. The molecule has 4 rings (SSSR count). The van der Waals surface area contributed by atoms with E-state index in [1.165, 1.54) is 0 Å². The van der Waals surface area contributed by atoms with Gasteiger partial charge in [0.1, 0.15) is 0 Å². The number of carbonyl (C=O) groups excluding carboxylic acids is 1. The lowest BCUT2D eigenvalue weighted by Gasteiger charge is -2.37. The van der Waals surface area contributed by atoms with Crippen molar-refractivity contribution >= 4 is 5.91 Å². The van der Waals surface area contributed by atoms with Crippen LogP contribution in [0.15, 0.2) is 59.4 Å². The van der Waals surface area contributed by atoms with E-state index < -0.39 is 0 Å². The van der Waals surface area contributed by atoms with Crippen LogP contribution in [0.4, 0.5) is 0 Å². The van der Waals surface area contributed by atoms with Gasteiger partial charge in [-0.1, -0.05) is 35.5 Å². The van der Waals surface area contributed by atoms with Gasteiger partial charge in [-0.15, -0.1) is 0 Å². The molecule has 0 bridgehead atoms. The zero-order chi connectivity index (χ0) is 15.6. The van der Waals surface area contributed by atoms with Gasteiger partial charge in [-0.25, -0.2) is 0 Å². The van der Waals surface area contributed by atoms with Crippen LogP contribution in [0.25, 0.3) is 11.4 Å². The van der Waals surface area contributed by atoms with Crippen LogP contribution in [0.3, 0.4) is 0 Å². The van der Waals surface area contributed by atoms with Crippen LogP contribution < -0.4 is 0 Å². The summed E-state index contributed by atoms with van der Waals surface area (Å²) in [6.07, 6.45) is 3.23. The topological polar surface area (TPSA) is 72.1 Å². The maximum atomic E-state index is 12.2. The van der Waals surface area contributed by atoms with E-state index in [9.17, 15) is 4.79 Å². The Morgan fingerprint density at radius 2 is 1.96 bits per heavy atom. The van der Waals surface area contributed by atoms with E-state index in [1.54, 1.807) is 29.4 Å². The molecule has 0 saturated carbocycles. The van der Waals surface area contributed by atoms with Gasteiger partial charge in [-0.3, -0.25) is 9.78 Å². The third-order valence-electron chi connectivity index (χ3n) is 3.90. The number of hydrogen-bond acceptors (Lipinski definition) is 5. The second kappa shape index (κ2) is 5.64. The maximum absolute atomic E-state index is 12.2. The van der Waals surface area contributed by atoms with Crippen molar-refractivity contribution in [3.05, 3.63) is 66.3 Å². The van der Waals surface area contributed by atoms with E-state index in [4.69, 9.17) is 4.52 Å². The molecule has 1 aromatic carbocycles. The third kappa shape index (κ3) is 2.59. The minimum absolute atomic E-state index is 0.0165. The Labute approximate surface area is 132 Å². The van der Waals surface area contributed by atoms with E-state index in [0.29, 0.717) is 30.4 Å². The summed E-state index contributed by atoms with van der Waals surface area (Å²) in [5.74, 6) is 1.24. The number of likely N-dealkylation sites (tertiary alicyclic amines) is 1. The van der Waals surface area contributed by atoms with Crippen molar-refractivity contribution in [3.63, 3.8) is 0 Å². The first kappa shape index (κ1) is 13.6. The van der Waals surface area contributed by atoms with Gasteiger partial charge >= 0.3 is 0 Å².